The summed E-state index contributed by atoms with van der Waals surface area (Å²) in [6.07, 6.45) is 0.755. The Morgan fingerprint density at radius 1 is 1.00 bits per heavy atom. The molecular formula is C23H21N3O3. The maximum Gasteiger partial charge on any atom is 0.269 e. The Hall–Kier alpha value is -3.67. The highest BCUT2D eigenvalue weighted by Crippen LogP contribution is 2.39. The summed E-state index contributed by atoms with van der Waals surface area (Å²) in [5, 5.41) is 14.5. The fraction of sp³-hybridized carbons (Fsp3) is 0.174. The number of anilines is 2. The Morgan fingerprint density at radius 3 is 2.34 bits per heavy atom. The van der Waals surface area contributed by atoms with E-state index in [1.807, 2.05) is 61.5 Å². The van der Waals surface area contributed by atoms with Crippen molar-refractivity contribution in [3.05, 3.63) is 100 Å². The van der Waals surface area contributed by atoms with E-state index in [0.717, 1.165) is 23.4 Å². The molecule has 0 bridgehead atoms. The monoisotopic (exact) mass is 387 g/mol. The van der Waals surface area contributed by atoms with Gasteiger partial charge in [-0.3, -0.25) is 14.9 Å². The molecule has 29 heavy (non-hydrogen) atoms. The van der Waals surface area contributed by atoms with Gasteiger partial charge in [0.2, 0.25) is 0 Å². The number of nitro groups is 1. The van der Waals surface area contributed by atoms with Gasteiger partial charge in [0.1, 0.15) is 0 Å². The fourth-order valence-corrected chi connectivity index (χ4v) is 3.86. The van der Waals surface area contributed by atoms with Crippen LogP contribution in [0.4, 0.5) is 17.1 Å². The number of para-hydroxylation sites is 2. The summed E-state index contributed by atoms with van der Waals surface area (Å²) in [5.41, 5.74) is 3.37. The molecule has 0 spiro atoms. The number of fused-ring (bicyclic) bond motifs is 1. The molecule has 1 aliphatic rings. The lowest BCUT2D eigenvalue weighted by Gasteiger charge is -2.40. The Bertz CT molecular complexity index is 1030. The van der Waals surface area contributed by atoms with E-state index in [4.69, 9.17) is 0 Å². The lowest BCUT2D eigenvalue weighted by molar-refractivity contribution is -0.384. The molecule has 0 radical (unpaired) electrons. The summed E-state index contributed by atoms with van der Waals surface area (Å²) in [5.74, 6) is -0.155. The minimum Gasteiger partial charge on any atom is -0.378 e. The molecule has 146 valence electrons. The third kappa shape index (κ3) is 3.69. The first-order valence-corrected chi connectivity index (χ1v) is 9.53. The average Bonchev–Trinajstić information content (AvgIpc) is 2.74. The van der Waals surface area contributed by atoms with Crippen molar-refractivity contribution < 1.29 is 9.72 Å². The van der Waals surface area contributed by atoms with E-state index in [0.29, 0.717) is 5.56 Å². The Kier molecular flexibility index (Phi) is 4.99. The summed E-state index contributed by atoms with van der Waals surface area (Å²) in [7, 11) is 0. The quantitative estimate of drug-likeness (QED) is 0.494. The normalized spacial score (nSPS) is 18.0. The molecule has 0 aromatic heterocycles. The van der Waals surface area contributed by atoms with Crippen LogP contribution in [0.1, 0.15) is 35.3 Å². The second-order valence-electron chi connectivity index (χ2n) is 7.19. The molecule has 0 aliphatic carbocycles. The fourth-order valence-electron chi connectivity index (χ4n) is 3.86. The summed E-state index contributed by atoms with van der Waals surface area (Å²) >= 11 is 0. The van der Waals surface area contributed by atoms with Crippen LogP contribution in [0.25, 0.3) is 0 Å². The molecule has 0 unspecified atom stereocenters. The van der Waals surface area contributed by atoms with Crippen molar-refractivity contribution in [3.8, 4) is 0 Å². The van der Waals surface area contributed by atoms with Crippen molar-refractivity contribution in [1.29, 1.82) is 0 Å². The maximum atomic E-state index is 13.3. The van der Waals surface area contributed by atoms with Crippen molar-refractivity contribution in [2.24, 2.45) is 0 Å². The number of carbonyl (C=O) groups is 1. The summed E-state index contributed by atoms with van der Waals surface area (Å²) in [6.45, 7) is 2.03. The van der Waals surface area contributed by atoms with Gasteiger partial charge in [0.15, 0.2) is 0 Å². The molecule has 1 aliphatic heterocycles. The Morgan fingerprint density at radius 2 is 1.66 bits per heavy atom. The van der Waals surface area contributed by atoms with Gasteiger partial charge in [-0.15, -0.1) is 0 Å². The number of nitro benzene ring substituents is 1. The van der Waals surface area contributed by atoms with Crippen LogP contribution in [-0.4, -0.2) is 16.9 Å². The maximum absolute atomic E-state index is 13.3. The van der Waals surface area contributed by atoms with Gasteiger partial charge in [-0.05, 0) is 49.2 Å². The van der Waals surface area contributed by atoms with Gasteiger partial charge in [-0.1, -0.05) is 36.4 Å². The number of non-ortho nitro benzene ring substituents is 1. The lowest BCUT2D eigenvalue weighted by atomic mass is 9.90. The van der Waals surface area contributed by atoms with E-state index in [1.165, 1.54) is 24.3 Å². The molecule has 1 amide bonds. The number of rotatable bonds is 4. The number of hydrogen-bond acceptors (Lipinski definition) is 4. The molecule has 3 aromatic carbocycles. The van der Waals surface area contributed by atoms with Crippen molar-refractivity contribution in [3.63, 3.8) is 0 Å². The van der Waals surface area contributed by atoms with Gasteiger partial charge in [0.25, 0.3) is 11.6 Å². The number of nitrogens with one attached hydrogen (secondary N) is 1. The zero-order chi connectivity index (χ0) is 20.4. The van der Waals surface area contributed by atoms with E-state index in [1.54, 1.807) is 4.90 Å². The molecule has 6 heteroatoms. The lowest BCUT2D eigenvalue weighted by Crippen LogP contribution is -2.44. The molecule has 6 nitrogen and oxygen atoms in total. The zero-order valence-electron chi connectivity index (χ0n) is 16.0. The van der Waals surface area contributed by atoms with Gasteiger partial charge in [0, 0.05) is 35.1 Å². The first-order chi connectivity index (χ1) is 14.0. The Balaban J connectivity index is 1.66. The summed E-state index contributed by atoms with van der Waals surface area (Å²) in [6, 6.07) is 23.7. The molecular weight excluding hydrogens is 366 g/mol. The smallest absolute Gasteiger partial charge is 0.269 e. The first-order valence-electron chi connectivity index (χ1n) is 9.53. The van der Waals surface area contributed by atoms with Gasteiger partial charge in [0.05, 0.1) is 11.0 Å². The topological polar surface area (TPSA) is 75.5 Å². The molecule has 2 atom stereocenters. The number of carbonyl (C=O) groups excluding carboxylic acids is 1. The highest BCUT2D eigenvalue weighted by atomic mass is 16.6. The van der Waals surface area contributed by atoms with Gasteiger partial charge in [-0.2, -0.15) is 0 Å². The van der Waals surface area contributed by atoms with Crippen LogP contribution in [-0.2, 0) is 0 Å². The predicted octanol–water partition coefficient (Wildman–Crippen LogP) is 5.19. The molecule has 1 N–H and O–H groups in total. The second-order valence-corrected chi connectivity index (χ2v) is 7.19. The minimum atomic E-state index is -0.465. The van der Waals surface area contributed by atoms with Crippen LogP contribution in [0.5, 0.6) is 0 Å². The molecule has 3 aromatic rings. The van der Waals surface area contributed by atoms with E-state index in [2.05, 4.69) is 5.32 Å². The number of benzene rings is 3. The van der Waals surface area contributed by atoms with Crippen LogP contribution in [0.15, 0.2) is 78.9 Å². The van der Waals surface area contributed by atoms with Crippen LogP contribution in [0, 0.1) is 10.1 Å². The standard InChI is InChI=1S/C23H21N3O3/c1-16-15-21(24-18-7-3-2-4-8-18)20-9-5-6-10-22(20)25(16)23(27)17-11-13-19(14-12-17)26(28)29/h2-14,16,21,24H,15H2,1H3/t16-,21-/m1/s1. The number of hydrogen-bond donors (Lipinski definition) is 1. The zero-order valence-corrected chi connectivity index (χ0v) is 16.0. The largest absolute Gasteiger partial charge is 0.378 e. The van der Waals surface area contributed by atoms with Gasteiger partial charge < -0.3 is 10.2 Å². The molecule has 0 fully saturated rings. The van der Waals surface area contributed by atoms with Crippen molar-refractivity contribution in [1.82, 2.24) is 0 Å². The molecule has 1 heterocycles. The van der Waals surface area contributed by atoms with Gasteiger partial charge in [-0.25, -0.2) is 0 Å². The van der Waals surface area contributed by atoms with Crippen molar-refractivity contribution in [2.75, 3.05) is 10.2 Å². The predicted molar refractivity (Wildman–Crippen MR) is 113 cm³/mol. The van der Waals surface area contributed by atoms with E-state index in [-0.39, 0.29) is 23.7 Å². The SMILES string of the molecule is C[C@@H]1C[C@@H](Nc2ccccc2)c2ccccc2N1C(=O)c1ccc([N+](=O)[O-])cc1. The van der Waals surface area contributed by atoms with E-state index in [9.17, 15) is 14.9 Å². The van der Waals surface area contributed by atoms with Crippen molar-refractivity contribution in [2.45, 2.75) is 25.4 Å². The van der Waals surface area contributed by atoms with Crippen LogP contribution >= 0.6 is 0 Å². The molecule has 4 rings (SSSR count). The first kappa shape index (κ1) is 18.7. The number of nitrogens with zero attached hydrogens (tertiary/aromatic N) is 2. The molecule has 0 saturated carbocycles. The second kappa shape index (κ2) is 7.75. The van der Waals surface area contributed by atoms with Gasteiger partial charge >= 0.3 is 0 Å². The highest BCUT2D eigenvalue weighted by Gasteiger charge is 2.34. The van der Waals surface area contributed by atoms with Crippen LogP contribution in [0.2, 0.25) is 0 Å². The highest BCUT2D eigenvalue weighted by molar-refractivity contribution is 6.07. The van der Waals surface area contributed by atoms with E-state index >= 15 is 0 Å². The third-order valence-electron chi connectivity index (χ3n) is 5.25. The minimum absolute atomic E-state index is 0.0271. The number of amides is 1. The third-order valence-corrected chi connectivity index (χ3v) is 5.25. The molecule has 0 saturated heterocycles. The summed E-state index contributed by atoms with van der Waals surface area (Å²) in [4.78, 5) is 25.5. The van der Waals surface area contributed by atoms with Crippen molar-refractivity contribution >= 4 is 23.0 Å². The van der Waals surface area contributed by atoms with Crippen LogP contribution in [0.3, 0.4) is 0 Å². The van der Waals surface area contributed by atoms with Crippen LogP contribution < -0.4 is 10.2 Å². The average molecular weight is 387 g/mol. The van der Waals surface area contributed by atoms with E-state index < -0.39 is 4.92 Å². The summed E-state index contributed by atoms with van der Waals surface area (Å²) < 4.78 is 0. The Labute approximate surface area is 168 Å².